The van der Waals surface area contributed by atoms with E-state index in [0.29, 0.717) is 35.5 Å². The summed E-state index contributed by atoms with van der Waals surface area (Å²) in [7, 11) is 3.21. The van der Waals surface area contributed by atoms with Crippen molar-refractivity contribution in [3.05, 3.63) is 59.8 Å². The number of hydrogen-bond acceptors (Lipinski definition) is 7. The fourth-order valence-electron chi connectivity index (χ4n) is 2.49. The van der Waals surface area contributed by atoms with Crippen molar-refractivity contribution in [2.75, 3.05) is 24.9 Å². The molecule has 0 atom stereocenters. The lowest BCUT2D eigenvalue weighted by Crippen LogP contribution is -2.06. The normalized spacial score (nSPS) is 10.3. The number of methoxy groups -OCH3 is 2. The summed E-state index contributed by atoms with van der Waals surface area (Å²) in [6.45, 7) is 2.72. The van der Waals surface area contributed by atoms with E-state index in [4.69, 9.17) is 9.47 Å². The standard InChI is InChI=1S/C19H21N5O2/c1-13-5-4-6-14(9-13)11-20-18-12-21-24-19(23-18)22-16-10-15(25-2)7-8-17(16)26-3/h4-10,12H,11H2,1-3H3,(H2,20,22,23,24). The predicted molar refractivity (Wildman–Crippen MR) is 101 cm³/mol. The van der Waals surface area contributed by atoms with Crippen molar-refractivity contribution >= 4 is 17.5 Å². The minimum Gasteiger partial charge on any atom is -0.497 e. The Morgan fingerprint density at radius 3 is 2.69 bits per heavy atom. The van der Waals surface area contributed by atoms with Gasteiger partial charge in [0, 0.05) is 12.6 Å². The first-order valence-electron chi connectivity index (χ1n) is 8.16. The molecule has 0 spiro atoms. The summed E-state index contributed by atoms with van der Waals surface area (Å²) in [6.07, 6.45) is 1.59. The molecule has 134 valence electrons. The molecule has 2 N–H and O–H groups in total. The zero-order chi connectivity index (χ0) is 18.4. The first-order valence-corrected chi connectivity index (χ1v) is 8.16. The molecule has 0 aliphatic heterocycles. The van der Waals surface area contributed by atoms with Crippen molar-refractivity contribution < 1.29 is 9.47 Å². The van der Waals surface area contributed by atoms with E-state index < -0.39 is 0 Å². The molecule has 0 amide bonds. The van der Waals surface area contributed by atoms with Crippen LogP contribution < -0.4 is 20.1 Å². The molecular formula is C19H21N5O2. The summed E-state index contributed by atoms with van der Waals surface area (Å²) in [5.41, 5.74) is 3.09. The van der Waals surface area contributed by atoms with Gasteiger partial charge in [-0.2, -0.15) is 10.1 Å². The lowest BCUT2D eigenvalue weighted by molar-refractivity contribution is 0.405. The first-order chi connectivity index (χ1) is 12.7. The quantitative estimate of drug-likeness (QED) is 0.673. The van der Waals surface area contributed by atoms with Gasteiger partial charge >= 0.3 is 0 Å². The molecule has 0 fully saturated rings. The zero-order valence-electron chi connectivity index (χ0n) is 15.0. The molecule has 0 saturated carbocycles. The number of benzene rings is 2. The van der Waals surface area contributed by atoms with Crippen LogP contribution in [0.4, 0.5) is 17.5 Å². The number of aromatic nitrogens is 3. The third-order valence-electron chi connectivity index (χ3n) is 3.77. The van der Waals surface area contributed by atoms with E-state index in [1.54, 1.807) is 20.4 Å². The van der Waals surface area contributed by atoms with Gasteiger partial charge in [0.25, 0.3) is 0 Å². The van der Waals surface area contributed by atoms with Crippen LogP contribution in [-0.2, 0) is 6.54 Å². The highest BCUT2D eigenvalue weighted by molar-refractivity contribution is 5.65. The van der Waals surface area contributed by atoms with Crippen LogP contribution in [0.25, 0.3) is 0 Å². The van der Waals surface area contributed by atoms with Gasteiger partial charge in [-0.15, -0.1) is 5.10 Å². The Labute approximate surface area is 152 Å². The molecule has 3 rings (SSSR count). The minimum absolute atomic E-state index is 0.366. The van der Waals surface area contributed by atoms with Gasteiger partial charge in [-0.05, 0) is 24.6 Å². The van der Waals surface area contributed by atoms with Crippen LogP contribution in [0.5, 0.6) is 11.5 Å². The average molecular weight is 351 g/mol. The number of ether oxygens (including phenoxy) is 2. The van der Waals surface area contributed by atoms with Crippen molar-refractivity contribution in [3.63, 3.8) is 0 Å². The third kappa shape index (κ3) is 4.38. The Bertz CT molecular complexity index is 885. The Balaban J connectivity index is 1.73. The summed E-state index contributed by atoms with van der Waals surface area (Å²) in [5, 5.41) is 14.4. The highest BCUT2D eigenvalue weighted by Crippen LogP contribution is 2.30. The van der Waals surface area contributed by atoms with Gasteiger partial charge < -0.3 is 20.1 Å². The number of hydrogen-bond donors (Lipinski definition) is 2. The molecule has 7 nitrogen and oxygen atoms in total. The van der Waals surface area contributed by atoms with E-state index in [9.17, 15) is 0 Å². The molecule has 2 aromatic carbocycles. The lowest BCUT2D eigenvalue weighted by Gasteiger charge is -2.12. The van der Waals surface area contributed by atoms with Gasteiger partial charge in [0.1, 0.15) is 11.5 Å². The van der Waals surface area contributed by atoms with Crippen LogP contribution in [-0.4, -0.2) is 29.4 Å². The van der Waals surface area contributed by atoms with Crippen molar-refractivity contribution in [2.45, 2.75) is 13.5 Å². The van der Waals surface area contributed by atoms with Gasteiger partial charge in [0.15, 0.2) is 5.82 Å². The molecule has 0 radical (unpaired) electrons. The topological polar surface area (TPSA) is 81.2 Å². The molecular weight excluding hydrogens is 330 g/mol. The molecule has 0 bridgehead atoms. The molecule has 3 aromatic rings. The molecule has 26 heavy (non-hydrogen) atoms. The second-order valence-corrected chi connectivity index (χ2v) is 5.70. The van der Waals surface area contributed by atoms with Gasteiger partial charge in [0.2, 0.25) is 5.95 Å². The number of rotatable bonds is 7. The van der Waals surface area contributed by atoms with Crippen LogP contribution in [0.2, 0.25) is 0 Å². The number of nitrogens with one attached hydrogen (secondary N) is 2. The molecule has 0 saturated heterocycles. The maximum Gasteiger partial charge on any atom is 0.249 e. The Morgan fingerprint density at radius 1 is 1.04 bits per heavy atom. The van der Waals surface area contributed by atoms with Gasteiger partial charge in [-0.1, -0.05) is 29.8 Å². The summed E-state index contributed by atoms with van der Waals surface area (Å²) in [5.74, 6) is 2.36. The monoisotopic (exact) mass is 351 g/mol. The van der Waals surface area contributed by atoms with Crippen molar-refractivity contribution in [1.82, 2.24) is 15.2 Å². The van der Waals surface area contributed by atoms with E-state index in [0.717, 1.165) is 0 Å². The largest absolute Gasteiger partial charge is 0.497 e. The van der Waals surface area contributed by atoms with E-state index in [2.05, 4.69) is 50.9 Å². The smallest absolute Gasteiger partial charge is 0.249 e. The van der Waals surface area contributed by atoms with Crippen molar-refractivity contribution in [2.24, 2.45) is 0 Å². The highest BCUT2D eigenvalue weighted by Gasteiger charge is 2.08. The molecule has 1 aromatic heterocycles. The van der Waals surface area contributed by atoms with E-state index in [1.165, 1.54) is 11.1 Å². The van der Waals surface area contributed by atoms with Gasteiger partial charge in [-0.3, -0.25) is 0 Å². The molecule has 0 aliphatic carbocycles. The van der Waals surface area contributed by atoms with Gasteiger partial charge in [-0.25, -0.2) is 0 Å². The Hall–Kier alpha value is -3.35. The average Bonchev–Trinajstić information content (AvgIpc) is 2.67. The Kier molecular flexibility index (Phi) is 5.48. The number of nitrogens with zero attached hydrogens (tertiary/aromatic N) is 3. The second kappa shape index (κ2) is 8.15. The molecule has 7 heteroatoms. The maximum absolute atomic E-state index is 5.35. The lowest BCUT2D eigenvalue weighted by atomic mass is 10.1. The number of anilines is 3. The SMILES string of the molecule is COc1ccc(OC)c(Nc2nncc(NCc3cccc(C)c3)n2)c1. The summed E-state index contributed by atoms with van der Waals surface area (Å²) in [4.78, 5) is 4.44. The summed E-state index contributed by atoms with van der Waals surface area (Å²) in [6, 6.07) is 13.7. The molecule has 1 heterocycles. The van der Waals surface area contributed by atoms with E-state index >= 15 is 0 Å². The van der Waals surface area contributed by atoms with E-state index in [1.807, 2.05) is 24.3 Å². The summed E-state index contributed by atoms with van der Waals surface area (Å²) < 4.78 is 10.6. The molecule has 0 unspecified atom stereocenters. The highest BCUT2D eigenvalue weighted by atomic mass is 16.5. The van der Waals surface area contributed by atoms with Crippen molar-refractivity contribution in [3.8, 4) is 11.5 Å². The maximum atomic E-state index is 5.35. The van der Waals surface area contributed by atoms with Crippen molar-refractivity contribution in [1.29, 1.82) is 0 Å². The predicted octanol–water partition coefficient (Wildman–Crippen LogP) is 3.55. The fourth-order valence-corrected chi connectivity index (χ4v) is 2.49. The summed E-state index contributed by atoms with van der Waals surface area (Å²) >= 11 is 0. The van der Waals surface area contributed by atoms with Crippen LogP contribution in [0, 0.1) is 6.92 Å². The third-order valence-corrected chi connectivity index (χ3v) is 3.77. The van der Waals surface area contributed by atoms with Crippen LogP contribution in [0.1, 0.15) is 11.1 Å². The Morgan fingerprint density at radius 2 is 1.92 bits per heavy atom. The van der Waals surface area contributed by atoms with E-state index in [-0.39, 0.29) is 0 Å². The van der Waals surface area contributed by atoms with Crippen LogP contribution in [0.3, 0.4) is 0 Å². The van der Waals surface area contributed by atoms with Crippen LogP contribution >= 0.6 is 0 Å². The van der Waals surface area contributed by atoms with Gasteiger partial charge in [0.05, 0.1) is 26.1 Å². The second-order valence-electron chi connectivity index (χ2n) is 5.70. The minimum atomic E-state index is 0.366. The van der Waals surface area contributed by atoms with Crippen LogP contribution in [0.15, 0.2) is 48.7 Å². The number of aryl methyl sites for hydroxylation is 1. The first kappa shape index (κ1) is 17.5. The fraction of sp³-hybridized carbons (Fsp3) is 0.211. The zero-order valence-corrected chi connectivity index (χ0v) is 15.0. The molecule has 0 aliphatic rings.